The van der Waals surface area contributed by atoms with E-state index in [0.29, 0.717) is 0 Å². The number of carbonyl (C=O) groups excluding carboxylic acids is 2. The van der Waals surface area contributed by atoms with Crippen molar-refractivity contribution in [3.05, 3.63) is 94.8 Å². The molecule has 0 aliphatic carbocycles. The predicted molar refractivity (Wildman–Crippen MR) is 133 cm³/mol. The topological polar surface area (TPSA) is 40.6 Å². The van der Waals surface area contributed by atoms with Crippen LogP contribution in [-0.2, 0) is 11.8 Å². The van der Waals surface area contributed by atoms with Crippen LogP contribution in [0.4, 0.5) is 68.5 Å². The number of anilines is 2. The molecule has 44 heavy (non-hydrogen) atoms. The highest BCUT2D eigenvalue weighted by Gasteiger charge is 2.81. The van der Waals surface area contributed by atoms with Crippen LogP contribution < -0.4 is 8.83 Å². The van der Waals surface area contributed by atoms with Gasteiger partial charge in [-0.25, -0.2) is 12.7 Å². The summed E-state index contributed by atoms with van der Waals surface area (Å²) in [5, 5.41) is 0. The summed E-state index contributed by atoms with van der Waals surface area (Å²) in [5.41, 5.74) is -14.2. The van der Waals surface area contributed by atoms with Crippen LogP contribution in [0.2, 0.25) is 0 Å². The third kappa shape index (κ3) is 6.08. The highest BCUT2D eigenvalue weighted by molar-refractivity contribution is 9.10. The molecular formula is C26H14BrF13N2O2. The number of benzene rings is 3. The number of amides is 2. The third-order valence-electron chi connectivity index (χ3n) is 6.16. The molecule has 4 nitrogen and oxygen atoms in total. The predicted octanol–water partition coefficient (Wildman–Crippen LogP) is 9.00. The fourth-order valence-corrected chi connectivity index (χ4v) is 4.38. The normalized spacial score (nSPS) is 14.2. The third-order valence-corrected chi connectivity index (χ3v) is 6.86. The zero-order valence-electron chi connectivity index (χ0n) is 21.4. The van der Waals surface area contributed by atoms with Crippen LogP contribution in [0.15, 0.2) is 66.7 Å². The van der Waals surface area contributed by atoms with Gasteiger partial charge in [0.2, 0.25) is 0 Å². The summed E-state index contributed by atoms with van der Waals surface area (Å²) in [7, 11) is 1.16. The molecule has 0 heterocycles. The van der Waals surface area contributed by atoms with Crippen molar-refractivity contribution in [1.29, 1.82) is 0 Å². The van der Waals surface area contributed by atoms with Crippen molar-refractivity contribution in [3.8, 4) is 0 Å². The van der Waals surface area contributed by atoms with E-state index in [1.165, 1.54) is 18.2 Å². The Balaban J connectivity index is 2.09. The number of nitrogens with zero attached hydrogens (tertiary/aromatic N) is 2. The van der Waals surface area contributed by atoms with Crippen LogP contribution in [0, 0.1) is 5.82 Å². The van der Waals surface area contributed by atoms with E-state index in [0.717, 1.165) is 42.3 Å². The first-order chi connectivity index (χ1) is 20.0. The number of hydrogen-bond donors (Lipinski definition) is 0. The van der Waals surface area contributed by atoms with Gasteiger partial charge in [-0.3, -0.25) is 9.59 Å². The molecule has 0 N–H and O–H groups in total. The Morgan fingerprint density at radius 2 is 1.30 bits per heavy atom. The summed E-state index contributed by atoms with van der Waals surface area (Å²) < 4.78 is 177. The van der Waals surface area contributed by atoms with Crippen molar-refractivity contribution in [2.75, 3.05) is 15.9 Å². The molecule has 238 valence electrons. The minimum Gasteiger partial charge on any atom is -0.311 e. The van der Waals surface area contributed by atoms with Gasteiger partial charge in [0, 0.05) is 23.9 Å². The lowest BCUT2D eigenvalue weighted by atomic mass is 9.86. The standard InChI is InChI=1S/C26H14BrF13N2O2/c1-41(21(44)16-7-2-3-8-18(16)28)15-6-4-5-13(11-15)20(43)42(27)19-10-9-14(12-17(19)23(30,31)32)22(29,25(35,36)37)24(33,34)26(38,39)40/h2-12H,1H3. The molecule has 3 aromatic rings. The molecule has 0 aliphatic heterocycles. The van der Waals surface area contributed by atoms with Crippen molar-refractivity contribution in [3.63, 3.8) is 0 Å². The van der Waals surface area contributed by atoms with Gasteiger partial charge in [0.05, 0.1) is 33.0 Å². The van der Waals surface area contributed by atoms with Gasteiger partial charge >= 0.3 is 30.1 Å². The Kier molecular flexibility index (Phi) is 9.13. The molecule has 0 saturated carbocycles. The second-order valence-corrected chi connectivity index (χ2v) is 9.65. The highest BCUT2D eigenvalue weighted by atomic mass is 79.9. The van der Waals surface area contributed by atoms with Gasteiger partial charge in [-0.15, -0.1) is 0 Å². The summed E-state index contributed by atoms with van der Waals surface area (Å²) in [6, 6.07) is 7.66. The number of carbonyl (C=O) groups is 2. The SMILES string of the molecule is CN(C(=O)c1ccccc1F)c1cccc(C(=O)N(Br)c2ccc(C(F)(C(F)(F)F)C(F)(F)C(F)(F)F)cc2C(F)(F)F)c1. The van der Waals surface area contributed by atoms with Crippen LogP contribution in [0.25, 0.3) is 0 Å². The van der Waals surface area contributed by atoms with Crippen molar-refractivity contribution in [2.45, 2.75) is 30.1 Å². The van der Waals surface area contributed by atoms with Crippen LogP contribution in [0.3, 0.4) is 0 Å². The lowest BCUT2D eigenvalue weighted by Gasteiger charge is -2.36. The number of alkyl halides is 12. The molecule has 3 aromatic carbocycles. The molecule has 0 aromatic heterocycles. The Morgan fingerprint density at radius 3 is 1.82 bits per heavy atom. The maximum atomic E-state index is 14.9. The molecule has 0 saturated heterocycles. The van der Waals surface area contributed by atoms with Crippen molar-refractivity contribution in [2.24, 2.45) is 0 Å². The monoisotopic (exact) mass is 712 g/mol. The van der Waals surface area contributed by atoms with E-state index < -0.39 is 82.3 Å². The first-order valence-corrected chi connectivity index (χ1v) is 12.2. The second kappa shape index (κ2) is 11.6. The molecule has 1 unspecified atom stereocenters. The maximum Gasteiger partial charge on any atom is 0.457 e. The van der Waals surface area contributed by atoms with E-state index in [1.54, 1.807) is 0 Å². The van der Waals surface area contributed by atoms with Crippen LogP contribution >= 0.6 is 16.1 Å². The molecular weight excluding hydrogens is 699 g/mol. The van der Waals surface area contributed by atoms with E-state index >= 15 is 0 Å². The van der Waals surface area contributed by atoms with Gasteiger partial charge in [-0.2, -0.15) is 48.3 Å². The van der Waals surface area contributed by atoms with Gasteiger partial charge in [0.1, 0.15) is 5.82 Å². The lowest BCUT2D eigenvalue weighted by molar-refractivity contribution is -0.389. The molecule has 0 fully saturated rings. The average molecular weight is 713 g/mol. The molecule has 1 atom stereocenters. The summed E-state index contributed by atoms with van der Waals surface area (Å²) in [5.74, 6) is -10.5. The summed E-state index contributed by atoms with van der Waals surface area (Å²) >= 11 is 2.46. The van der Waals surface area contributed by atoms with E-state index in [9.17, 15) is 66.7 Å². The highest BCUT2D eigenvalue weighted by Crippen LogP contribution is 2.59. The molecule has 0 radical (unpaired) electrons. The van der Waals surface area contributed by atoms with E-state index in [2.05, 4.69) is 16.1 Å². The van der Waals surface area contributed by atoms with Crippen LogP contribution in [0.1, 0.15) is 31.8 Å². The number of hydrogen-bond acceptors (Lipinski definition) is 2. The molecule has 18 heteroatoms. The van der Waals surface area contributed by atoms with Gasteiger partial charge in [-0.1, -0.05) is 24.3 Å². The van der Waals surface area contributed by atoms with Crippen LogP contribution in [-0.4, -0.2) is 37.1 Å². The second-order valence-electron chi connectivity index (χ2n) is 8.94. The molecule has 2 amide bonds. The number of rotatable bonds is 6. The lowest BCUT2D eigenvalue weighted by Crippen LogP contribution is -2.59. The van der Waals surface area contributed by atoms with Crippen molar-refractivity contribution in [1.82, 2.24) is 0 Å². The Labute approximate surface area is 247 Å². The Morgan fingerprint density at radius 1 is 0.705 bits per heavy atom. The Bertz CT molecular complexity index is 1570. The smallest absolute Gasteiger partial charge is 0.311 e. The maximum absolute atomic E-state index is 14.9. The minimum absolute atomic E-state index is 0.0210. The fraction of sp³-hybridized carbons (Fsp3) is 0.231. The summed E-state index contributed by atoms with van der Waals surface area (Å²) in [6.45, 7) is 0. The molecule has 0 aliphatic rings. The first kappa shape index (κ1) is 34.7. The molecule has 0 bridgehead atoms. The summed E-state index contributed by atoms with van der Waals surface area (Å²) in [6.07, 6.45) is -20.1. The van der Waals surface area contributed by atoms with Crippen molar-refractivity contribution < 1.29 is 66.7 Å². The van der Waals surface area contributed by atoms with Crippen LogP contribution in [0.5, 0.6) is 0 Å². The van der Waals surface area contributed by atoms with Gasteiger partial charge in [0.25, 0.3) is 11.8 Å². The molecule has 3 rings (SSSR count). The van der Waals surface area contributed by atoms with Gasteiger partial charge < -0.3 is 4.90 Å². The van der Waals surface area contributed by atoms with Gasteiger partial charge in [0.15, 0.2) is 0 Å². The Hall–Kier alpha value is -3.83. The zero-order chi connectivity index (χ0) is 33.6. The zero-order valence-corrected chi connectivity index (χ0v) is 22.9. The van der Waals surface area contributed by atoms with Gasteiger partial charge in [-0.05, 0) is 42.5 Å². The number of halogens is 14. The average Bonchev–Trinajstić information content (AvgIpc) is 2.93. The van der Waals surface area contributed by atoms with E-state index in [4.69, 9.17) is 0 Å². The largest absolute Gasteiger partial charge is 0.457 e. The van der Waals surface area contributed by atoms with E-state index in [-0.39, 0.29) is 21.2 Å². The first-order valence-electron chi connectivity index (χ1n) is 11.5. The van der Waals surface area contributed by atoms with E-state index in [1.807, 2.05) is 0 Å². The summed E-state index contributed by atoms with van der Waals surface area (Å²) in [4.78, 5) is 26.6. The quantitative estimate of drug-likeness (QED) is 0.189. The molecule has 0 spiro atoms. The minimum atomic E-state index is -7.24. The fourth-order valence-electron chi connectivity index (χ4n) is 3.87. The van der Waals surface area contributed by atoms with Crippen molar-refractivity contribution >= 4 is 39.3 Å².